The van der Waals surface area contributed by atoms with Gasteiger partial charge in [0.1, 0.15) is 0 Å². The first-order valence-electron chi connectivity index (χ1n) is 8.14. The summed E-state index contributed by atoms with van der Waals surface area (Å²) < 4.78 is 31.9. The SMILES string of the molecule is [2H]C([2H])(Cc1ccccc1)C([2H])([2H])C(=O)N1CCCCC1=O. The molecule has 0 aliphatic carbocycles. The molecule has 0 spiro atoms. The zero-order chi connectivity index (χ0) is 16.4. The molecule has 0 bridgehead atoms. The molecule has 3 heteroatoms. The lowest BCUT2D eigenvalue weighted by molar-refractivity contribution is -0.146. The zero-order valence-corrected chi connectivity index (χ0v) is 10.2. The smallest absolute Gasteiger partial charge is 0.229 e. The van der Waals surface area contributed by atoms with Crippen LogP contribution in [-0.4, -0.2) is 23.3 Å². The maximum absolute atomic E-state index is 12.4. The third kappa shape index (κ3) is 3.42. The van der Waals surface area contributed by atoms with Gasteiger partial charge in [-0.1, -0.05) is 30.3 Å². The molecule has 3 nitrogen and oxygen atoms in total. The van der Waals surface area contributed by atoms with E-state index in [0.29, 0.717) is 18.4 Å². The van der Waals surface area contributed by atoms with Crippen LogP contribution < -0.4 is 0 Å². The Morgan fingerprint density at radius 2 is 2.06 bits per heavy atom. The molecule has 0 unspecified atom stereocenters. The summed E-state index contributed by atoms with van der Waals surface area (Å²) in [6.45, 7) is 0.165. The number of nitrogens with zero attached hydrogens (tertiary/aromatic N) is 1. The number of benzene rings is 1. The average molecular weight is 249 g/mol. The molecule has 0 atom stereocenters. The minimum absolute atomic E-state index is 0.165. The number of likely N-dealkylation sites (tertiary alicyclic amines) is 1. The molecule has 1 fully saturated rings. The van der Waals surface area contributed by atoms with E-state index in [2.05, 4.69) is 0 Å². The molecule has 0 N–H and O–H groups in total. The van der Waals surface area contributed by atoms with E-state index in [1.54, 1.807) is 30.3 Å². The molecule has 1 aromatic carbocycles. The van der Waals surface area contributed by atoms with Gasteiger partial charge in [-0.05, 0) is 31.2 Å². The van der Waals surface area contributed by atoms with Crippen molar-refractivity contribution in [2.24, 2.45) is 0 Å². The molecule has 1 aromatic rings. The molecule has 0 aromatic heterocycles. The number of rotatable bonds is 4. The van der Waals surface area contributed by atoms with Crippen molar-refractivity contribution in [1.82, 2.24) is 4.90 Å². The van der Waals surface area contributed by atoms with Gasteiger partial charge in [-0.25, -0.2) is 0 Å². The van der Waals surface area contributed by atoms with Gasteiger partial charge in [-0.3, -0.25) is 14.5 Å². The van der Waals surface area contributed by atoms with Crippen LogP contribution in [0.4, 0.5) is 0 Å². The highest BCUT2D eigenvalue weighted by Crippen LogP contribution is 2.13. The summed E-state index contributed by atoms with van der Waals surface area (Å²) in [6.07, 6.45) is -3.85. The third-order valence-corrected chi connectivity index (χ3v) is 2.90. The van der Waals surface area contributed by atoms with E-state index >= 15 is 0 Å². The first kappa shape index (κ1) is 8.46. The van der Waals surface area contributed by atoms with E-state index in [0.717, 1.165) is 4.90 Å². The molecular weight excluding hydrogens is 226 g/mol. The summed E-state index contributed by atoms with van der Waals surface area (Å²) in [5.41, 5.74) is 0.606. The summed E-state index contributed by atoms with van der Waals surface area (Å²) in [4.78, 5) is 25.0. The molecule has 1 aliphatic heterocycles. The Morgan fingerprint density at radius 1 is 1.28 bits per heavy atom. The lowest BCUT2D eigenvalue weighted by Gasteiger charge is -2.24. The normalized spacial score (nSPS) is 20.7. The summed E-state index contributed by atoms with van der Waals surface area (Å²) in [6, 6.07) is 8.62. The summed E-state index contributed by atoms with van der Waals surface area (Å²) in [5.74, 6) is -1.49. The maximum atomic E-state index is 12.4. The number of imide groups is 1. The third-order valence-electron chi connectivity index (χ3n) is 2.90. The van der Waals surface area contributed by atoms with Crippen molar-refractivity contribution in [2.45, 2.75) is 38.4 Å². The molecule has 0 saturated carbocycles. The zero-order valence-electron chi connectivity index (χ0n) is 14.2. The van der Waals surface area contributed by atoms with Crippen molar-refractivity contribution >= 4 is 11.8 Å². The van der Waals surface area contributed by atoms with Crippen LogP contribution in [-0.2, 0) is 16.0 Å². The maximum Gasteiger partial charge on any atom is 0.229 e. The van der Waals surface area contributed by atoms with Gasteiger partial charge in [-0.15, -0.1) is 0 Å². The highest BCUT2D eigenvalue weighted by atomic mass is 16.2. The fourth-order valence-electron chi connectivity index (χ4n) is 1.91. The molecule has 1 aliphatic rings. The van der Waals surface area contributed by atoms with E-state index in [-0.39, 0.29) is 19.4 Å². The van der Waals surface area contributed by atoms with Crippen LogP contribution >= 0.6 is 0 Å². The van der Waals surface area contributed by atoms with Gasteiger partial charge < -0.3 is 0 Å². The molecule has 96 valence electrons. The highest BCUT2D eigenvalue weighted by Gasteiger charge is 2.23. The second-order valence-electron chi connectivity index (χ2n) is 4.27. The van der Waals surface area contributed by atoms with E-state index in [1.165, 1.54) is 0 Å². The number of hydrogen-bond acceptors (Lipinski definition) is 2. The molecule has 1 saturated heterocycles. The van der Waals surface area contributed by atoms with Crippen LogP contribution in [0.1, 0.15) is 43.1 Å². The quantitative estimate of drug-likeness (QED) is 0.822. The predicted molar refractivity (Wildman–Crippen MR) is 70.0 cm³/mol. The van der Waals surface area contributed by atoms with Gasteiger partial charge in [0.15, 0.2) is 0 Å². The summed E-state index contributed by atoms with van der Waals surface area (Å²) in [5, 5.41) is 0. The van der Waals surface area contributed by atoms with Crippen LogP contribution in [0.15, 0.2) is 30.3 Å². The van der Waals surface area contributed by atoms with Gasteiger partial charge in [-0.2, -0.15) is 0 Å². The minimum atomic E-state index is -2.75. The monoisotopic (exact) mass is 249 g/mol. The fraction of sp³-hybridized carbons (Fsp3) is 0.467. The van der Waals surface area contributed by atoms with Crippen LogP contribution in [0, 0.1) is 0 Å². The lowest BCUT2D eigenvalue weighted by Crippen LogP contribution is -2.40. The first-order chi connectivity index (χ1) is 10.3. The lowest BCUT2D eigenvalue weighted by atomic mass is 10.1. The van der Waals surface area contributed by atoms with Crippen LogP contribution in [0.3, 0.4) is 0 Å². The first-order valence-corrected chi connectivity index (χ1v) is 6.14. The van der Waals surface area contributed by atoms with E-state index < -0.39 is 24.6 Å². The van der Waals surface area contributed by atoms with Crippen molar-refractivity contribution in [2.75, 3.05) is 6.54 Å². The molecule has 0 radical (unpaired) electrons. The molecule has 1 heterocycles. The van der Waals surface area contributed by atoms with Gasteiger partial charge in [0, 0.05) is 24.8 Å². The second kappa shape index (κ2) is 6.34. The number of carbonyl (C=O) groups excluding carboxylic acids is 2. The van der Waals surface area contributed by atoms with Crippen LogP contribution in [0.5, 0.6) is 0 Å². The number of hydrogen-bond donors (Lipinski definition) is 0. The van der Waals surface area contributed by atoms with E-state index in [9.17, 15) is 9.59 Å². The van der Waals surface area contributed by atoms with Crippen LogP contribution in [0.25, 0.3) is 0 Å². The Kier molecular flexibility index (Phi) is 2.98. The topological polar surface area (TPSA) is 37.4 Å². The number of amides is 2. The number of carbonyl (C=O) groups is 2. The van der Waals surface area contributed by atoms with Gasteiger partial charge in [0.25, 0.3) is 0 Å². The average Bonchev–Trinajstić information content (AvgIpc) is 2.47. The Labute approximate surface area is 113 Å². The van der Waals surface area contributed by atoms with Crippen molar-refractivity contribution in [3.8, 4) is 0 Å². The largest absolute Gasteiger partial charge is 0.283 e. The fourth-order valence-corrected chi connectivity index (χ4v) is 1.91. The minimum Gasteiger partial charge on any atom is -0.283 e. The Morgan fingerprint density at radius 3 is 2.78 bits per heavy atom. The Balaban J connectivity index is 2.19. The molecule has 2 rings (SSSR count). The van der Waals surface area contributed by atoms with Crippen molar-refractivity contribution in [3.05, 3.63) is 35.9 Å². The van der Waals surface area contributed by atoms with E-state index in [1.807, 2.05) is 0 Å². The van der Waals surface area contributed by atoms with Gasteiger partial charge >= 0.3 is 0 Å². The molecule has 18 heavy (non-hydrogen) atoms. The van der Waals surface area contributed by atoms with Crippen molar-refractivity contribution in [3.63, 3.8) is 0 Å². The second-order valence-corrected chi connectivity index (χ2v) is 4.27. The van der Waals surface area contributed by atoms with Crippen molar-refractivity contribution < 1.29 is 15.1 Å². The van der Waals surface area contributed by atoms with Crippen LogP contribution in [0.2, 0.25) is 0 Å². The van der Waals surface area contributed by atoms with Crippen molar-refractivity contribution in [1.29, 1.82) is 0 Å². The molecule has 2 amide bonds. The standard InChI is InChI=1S/C15H19NO2/c17-14-10-4-5-12-16(14)15(18)11-6-9-13-7-2-1-3-8-13/h1-3,7-8H,4-6,9-12H2/i6D2,11D2. The Hall–Kier alpha value is -1.64. The Bertz CT molecular complexity index is 560. The summed E-state index contributed by atoms with van der Waals surface area (Å²) in [7, 11) is 0. The highest BCUT2D eigenvalue weighted by molar-refractivity contribution is 5.95. The number of aryl methyl sites for hydroxylation is 1. The number of piperidine rings is 1. The van der Waals surface area contributed by atoms with E-state index in [4.69, 9.17) is 5.48 Å². The molecular formula is C15H19NO2. The predicted octanol–water partition coefficient (Wildman–Crippen LogP) is 2.55. The van der Waals surface area contributed by atoms with Gasteiger partial charge in [0.05, 0.1) is 0 Å². The van der Waals surface area contributed by atoms with Gasteiger partial charge in [0.2, 0.25) is 11.8 Å². The summed E-state index contributed by atoms with van der Waals surface area (Å²) >= 11 is 0.